The monoisotopic (exact) mass is 353 g/mol. The molecule has 7 heteroatoms. The first kappa shape index (κ1) is 17.6. The average molecular weight is 353 g/mol. The minimum Gasteiger partial charge on any atom is -0.550 e. The molecule has 3 rings (SSSR count). The molecule has 0 aliphatic carbocycles. The van der Waals surface area contributed by atoms with Crippen LogP contribution in [-0.4, -0.2) is 27.3 Å². The molecular weight excluding hydrogens is 336 g/mol. The van der Waals surface area contributed by atoms with E-state index >= 15 is 0 Å². The topological polar surface area (TPSA) is 99.5 Å². The van der Waals surface area contributed by atoms with Crippen LogP contribution in [0.3, 0.4) is 0 Å². The summed E-state index contributed by atoms with van der Waals surface area (Å²) in [6.45, 7) is 2.81. The van der Waals surface area contributed by atoms with Gasteiger partial charge in [0.1, 0.15) is 0 Å². The Morgan fingerprint density at radius 3 is 2.15 bits per heavy atom. The second-order valence-electron chi connectivity index (χ2n) is 6.37. The van der Waals surface area contributed by atoms with Gasteiger partial charge in [0.25, 0.3) is 17.4 Å². The number of nitrogens with zero attached hydrogens (tertiary/aromatic N) is 2. The summed E-state index contributed by atoms with van der Waals surface area (Å²) in [7, 11) is 1.55. The van der Waals surface area contributed by atoms with Crippen LogP contribution in [0.25, 0.3) is 0 Å². The number of rotatable bonds is 4. The number of carbonyl (C=O) groups is 3. The van der Waals surface area contributed by atoms with Crippen molar-refractivity contribution >= 4 is 17.8 Å². The number of imide groups is 1. The molecule has 0 spiro atoms. The number of benzene rings is 1. The zero-order chi connectivity index (χ0) is 19.2. The first-order chi connectivity index (χ1) is 12.2. The number of hydrogen-bond donors (Lipinski definition) is 0. The van der Waals surface area contributed by atoms with E-state index in [-0.39, 0.29) is 28.8 Å². The third-order valence-corrected chi connectivity index (χ3v) is 4.82. The Bertz CT molecular complexity index is 970. The van der Waals surface area contributed by atoms with E-state index in [1.165, 1.54) is 11.5 Å². The first-order valence-electron chi connectivity index (χ1n) is 8.09. The van der Waals surface area contributed by atoms with Crippen LogP contribution in [0, 0.1) is 6.92 Å². The summed E-state index contributed by atoms with van der Waals surface area (Å²) >= 11 is 0. The van der Waals surface area contributed by atoms with Gasteiger partial charge in [-0.05, 0) is 30.7 Å². The quantitative estimate of drug-likeness (QED) is 0.738. The molecule has 0 fully saturated rings. The van der Waals surface area contributed by atoms with Crippen molar-refractivity contribution in [1.29, 1.82) is 0 Å². The smallest absolute Gasteiger partial charge is 0.261 e. The van der Waals surface area contributed by atoms with Crippen LogP contribution in [0.5, 0.6) is 0 Å². The van der Waals surface area contributed by atoms with Crippen LogP contribution in [-0.2, 0) is 18.4 Å². The molecule has 1 aromatic heterocycles. The molecule has 134 valence electrons. The van der Waals surface area contributed by atoms with Gasteiger partial charge in [0.15, 0.2) is 0 Å². The molecule has 2 heterocycles. The second kappa shape index (κ2) is 6.25. The molecule has 26 heavy (non-hydrogen) atoms. The van der Waals surface area contributed by atoms with E-state index < -0.39 is 29.3 Å². The fraction of sp³-hybridized carbons (Fsp3) is 0.263. The largest absolute Gasteiger partial charge is 0.550 e. The molecule has 7 nitrogen and oxygen atoms in total. The van der Waals surface area contributed by atoms with E-state index in [2.05, 4.69) is 0 Å². The zero-order valence-corrected chi connectivity index (χ0v) is 14.6. The van der Waals surface area contributed by atoms with Gasteiger partial charge in [-0.15, -0.1) is 0 Å². The first-order valence-corrected chi connectivity index (χ1v) is 8.09. The van der Waals surface area contributed by atoms with E-state index in [9.17, 15) is 24.3 Å². The molecule has 1 aliphatic rings. The van der Waals surface area contributed by atoms with Crippen molar-refractivity contribution < 1.29 is 19.5 Å². The Morgan fingerprint density at radius 1 is 1.12 bits per heavy atom. The SMILES string of the molecule is Cc1cc(C(C)C(=O)[O-])c(CN2C(=O)c3ccccc3C2=O)c(=O)n1C. The Labute approximate surface area is 149 Å². The predicted molar refractivity (Wildman–Crippen MR) is 90.5 cm³/mol. The summed E-state index contributed by atoms with van der Waals surface area (Å²) in [6, 6.07) is 7.99. The molecule has 1 aromatic carbocycles. The van der Waals surface area contributed by atoms with Crippen molar-refractivity contribution in [1.82, 2.24) is 9.47 Å². The predicted octanol–water partition coefficient (Wildman–Crippen LogP) is 0.343. The average Bonchev–Trinajstić information content (AvgIpc) is 2.86. The van der Waals surface area contributed by atoms with Gasteiger partial charge in [0.2, 0.25) is 0 Å². The maximum absolute atomic E-state index is 12.7. The molecule has 0 radical (unpaired) electrons. The van der Waals surface area contributed by atoms with Crippen LogP contribution in [0.2, 0.25) is 0 Å². The van der Waals surface area contributed by atoms with Gasteiger partial charge < -0.3 is 14.5 Å². The van der Waals surface area contributed by atoms with Gasteiger partial charge in [-0.2, -0.15) is 0 Å². The number of fused-ring (bicyclic) bond motifs is 1. The van der Waals surface area contributed by atoms with Crippen molar-refractivity contribution in [3.05, 3.63) is 68.6 Å². The number of carbonyl (C=O) groups excluding carboxylic acids is 3. The standard InChI is InChI=1S/C19H18N2O5/c1-10-8-14(11(2)19(25)26)15(16(22)20(10)3)9-21-17(23)12-6-4-5-7-13(12)18(21)24/h4-8,11H,9H2,1-3H3,(H,25,26)/p-1. The molecule has 1 atom stereocenters. The minimum absolute atomic E-state index is 0.101. The molecule has 1 aliphatic heterocycles. The number of hydrogen-bond acceptors (Lipinski definition) is 5. The highest BCUT2D eigenvalue weighted by Gasteiger charge is 2.36. The van der Waals surface area contributed by atoms with Crippen LogP contribution in [0.15, 0.2) is 35.1 Å². The Morgan fingerprint density at radius 2 is 1.65 bits per heavy atom. The lowest BCUT2D eigenvalue weighted by Crippen LogP contribution is -2.37. The number of amides is 2. The van der Waals surface area contributed by atoms with Crippen LogP contribution in [0.4, 0.5) is 0 Å². The second-order valence-corrected chi connectivity index (χ2v) is 6.37. The lowest BCUT2D eigenvalue weighted by molar-refractivity contribution is -0.307. The van der Waals surface area contributed by atoms with Crippen LogP contribution < -0.4 is 10.7 Å². The Balaban J connectivity index is 2.10. The third kappa shape index (κ3) is 2.61. The summed E-state index contributed by atoms with van der Waals surface area (Å²) < 4.78 is 1.36. The highest BCUT2D eigenvalue weighted by atomic mass is 16.4. The summed E-state index contributed by atoms with van der Waals surface area (Å²) in [5.74, 6) is -3.38. The van der Waals surface area contributed by atoms with E-state index in [1.54, 1.807) is 44.3 Å². The maximum Gasteiger partial charge on any atom is 0.261 e. The summed E-state index contributed by atoms with van der Waals surface area (Å²) in [4.78, 5) is 50.1. The van der Waals surface area contributed by atoms with Gasteiger partial charge in [-0.25, -0.2) is 0 Å². The van der Waals surface area contributed by atoms with E-state index in [0.717, 1.165) is 4.90 Å². The number of carboxylic acids is 1. The summed E-state index contributed by atoms with van der Waals surface area (Å²) in [5, 5.41) is 11.3. The van der Waals surface area contributed by atoms with Crippen molar-refractivity contribution in [2.24, 2.45) is 7.05 Å². The van der Waals surface area contributed by atoms with E-state index in [0.29, 0.717) is 5.69 Å². The number of aromatic nitrogens is 1. The van der Waals surface area contributed by atoms with Gasteiger partial charge in [0.05, 0.1) is 17.7 Å². The van der Waals surface area contributed by atoms with E-state index in [1.807, 2.05) is 0 Å². The van der Waals surface area contributed by atoms with Gasteiger partial charge in [-0.1, -0.05) is 19.1 Å². The van der Waals surface area contributed by atoms with Crippen molar-refractivity contribution in [3.8, 4) is 0 Å². The van der Waals surface area contributed by atoms with E-state index in [4.69, 9.17) is 0 Å². The zero-order valence-electron chi connectivity index (χ0n) is 14.6. The molecular formula is C19H17N2O5-. The molecule has 0 N–H and O–H groups in total. The van der Waals surface area contributed by atoms with Crippen molar-refractivity contribution in [3.63, 3.8) is 0 Å². The van der Waals surface area contributed by atoms with Crippen molar-refractivity contribution in [2.45, 2.75) is 26.3 Å². The highest BCUT2D eigenvalue weighted by Crippen LogP contribution is 2.26. The fourth-order valence-electron chi connectivity index (χ4n) is 3.11. The van der Waals surface area contributed by atoms with Crippen LogP contribution >= 0.6 is 0 Å². The third-order valence-electron chi connectivity index (χ3n) is 4.82. The highest BCUT2D eigenvalue weighted by molar-refractivity contribution is 6.21. The molecule has 1 unspecified atom stereocenters. The number of aryl methyl sites for hydroxylation is 1. The van der Waals surface area contributed by atoms with Crippen molar-refractivity contribution in [2.75, 3.05) is 0 Å². The number of carboxylic acid groups (broad SMARTS) is 1. The summed E-state index contributed by atoms with van der Waals surface area (Å²) in [6.07, 6.45) is 0. The lowest BCUT2D eigenvalue weighted by Gasteiger charge is -2.22. The number of pyridine rings is 1. The normalized spacial score (nSPS) is 14.5. The maximum atomic E-state index is 12.7. The van der Waals surface area contributed by atoms with Gasteiger partial charge >= 0.3 is 0 Å². The molecule has 0 saturated heterocycles. The fourth-order valence-corrected chi connectivity index (χ4v) is 3.11. The minimum atomic E-state index is -1.33. The number of aliphatic carboxylic acids is 1. The van der Waals surface area contributed by atoms with Crippen LogP contribution in [0.1, 0.15) is 50.4 Å². The Hall–Kier alpha value is -3.22. The van der Waals surface area contributed by atoms with Gasteiger partial charge in [-0.3, -0.25) is 19.3 Å². The molecule has 2 amide bonds. The van der Waals surface area contributed by atoms with Gasteiger partial charge in [0, 0.05) is 30.2 Å². The molecule has 0 saturated carbocycles. The summed E-state index contributed by atoms with van der Waals surface area (Å²) in [5.41, 5.74) is 1.03. The lowest BCUT2D eigenvalue weighted by atomic mass is 9.95. The molecule has 2 aromatic rings. The molecule has 0 bridgehead atoms. The Kier molecular flexibility index (Phi) is 4.23.